The molecule has 1 amide bonds. The lowest BCUT2D eigenvalue weighted by Crippen LogP contribution is -2.40. The van der Waals surface area contributed by atoms with E-state index >= 15 is 0 Å². The number of nitrogens with one attached hydrogen (secondary N) is 1. The van der Waals surface area contributed by atoms with E-state index in [9.17, 15) is 19.3 Å². The number of hydrogen-bond acceptors (Lipinski definition) is 4. The molecule has 1 heterocycles. The van der Waals surface area contributed by atoms with Gasteiger partial charge in [-0.05, 0) is 24.5 Å². The fourth-order valence-corrected chi connectivity index (χ4v) is 3.95. The predicted octanol–water partition coefficient (Wildman–Crippen LogP) is 5.21. The minimum absolute atomic E-state index is 0.0155. The number of anilines is 1. The minimum atomic E-state index is -0.710. The van der Waals surface area contributed by atoms with Crippen LogP contribution in [0.25, 0.3) is 0 Å². The summed E-state index contributed by atoms with van der Waals surface area (Å²) in [6.45, 7) is 0. The van der Waals surface area contributed by atoms with Crippen LogP contribution in [-0.2, 0) is 10.2 Å². The highest BCUT2D eigenvalue weighted by Crippen LogP contribution is 2.53. The van der Waals surface area contributed by atoms with E-state index in [0.717, 1.165) is 24.6 Å². The number of hydrogen-bond donors (Lipinski definition) is 1. The summed E-state index contributed by atoms with van der Waals surface area (Å²) in [7, 11) is 0. The van der Waals surface area contributed by atoms with Gasteiger partial charge in [-0.3, -0.25) is 14.9 Å². The summed E-state index contributed by atoms with van der Waals surface area (Å²) >= 11 is 12.1. The average Bonchev–Trinajstić information content (AvgIpc) is 2.83. The monoisotopic (exact) mass is 396 g/mol. The van der Waals surface area contributed by atoms with Crippen molar-refractivity contribution in [1.82, 2.24) is 0 Å². The van der Waals surface area contributed by atoms with Crippen LogP contribution >= 0.6 is 23.2 Å². The van der Waals surface area contributed by atoms with Crippen molar-refractivity contribution in [3.63, 3.8) is 0 Å². The molecule has 0 atom stereocenters. The number of rotatable bonds is 3. The maximum absolute atomic E-state index is 14.5. The van der Waals surface area contributed by atoms with Crippen LogP contribution in [0.3, 0.4) is 0 Å². The quantitative estimate of drug-likeness (QED) is 0.570. The second kappa shape index (κ2) is 5.82. The van der Waals surface area contributed by atoms with E-state index in [0.29, 0.717) is 18.4 Å². The molecule has 0 bridgehead atoms. The second-order valence-electron chi connectivity index (χ2n) is 6.32. The number of nitrogens with zero attached hydrogens (tertiary/aromatic N) is 1. The van der Waals surface area contributed by atoms with Crippen molar-refractivity contribution in [3.05, 3.63) is 55.8 Å². The normalized spacial score (nSPS) is 16.8. The first-order valence-corrected chi connectivity index (χ1v) is 8.54. The largest absolute Gasteiger partial charge is 0.454 e. The van der Waals surface area contributed by atoms with Crippen LogP contribution in [0.1, 0.15) is 24.8 Å². The molecule has 1 spiro atoms. The number of non-ortho nitro benzene ring substituents is 1. The first-order chi connectivity index (χ1) is 12.3. The summed E-state index contributed by atoms with van der Waals surface area (Å²) in [5.41, 5.74) is -0.268. The van der Waals surface area contributed by atoms with Gasteiger partial charge >= 0.3 is 0 Å². The molecule has 0 unspecified atom stereocenters. The Morgan fingerprint density at radius 3 is 2.38 bits per heavy atom. The average molecular weight is 397 g/mol. The molecule has 4 rings (SSSR count). The molecule has 2 aliphatic rings. The predicted molar refractivity (Wildman–Crippen MR) is 93.7 cm³/mol. The van der Waals surface area contributed by atoms with E-state index in [1.54, 1.807) is 6.07 Å². The number of carbonyl (C=O) groups excluding carboxylic acids is 1. The molecule has 1 aliphatic heterocycles. The van der Waals surface area contributed by atoms with E-state index < -0.39 is 16.2 Å². The van der Waals surface area contributed by atoms with Gasteiger partial charge in [0, 0.05) is 18.2 Å². The molecule has 0 saturated heterocycles. The number of nitro groups is 1. The van der Waals surface area contributed by atoms with E-state index in [1.807, 2.05) is 0 Å². The lowest BCUT2D eigenvalue weighted by molar-refractivity contribution is -0.384. The molecule has 0 aromatic heterocycles. The Morgan fingerprint density at radius 2 is 1.85 bits per heavy atom. The van der Waals surface area contributed by atoms with Crippen LogP contribution in [-0.4, -0.2) is 10.8 Å². The summed E-state index contributed by atoms with van der Waals surface area (Å²) < 4.78 is 20.1. The van der Waals surface area contributed by atoms with Crippen LogP contribution in [0, 0.1) is 15.9 Å². The topological polar surface area (TPSA) is 81.5 Å². The van der Waals surface area contributed by atoms with Crippen molar-refractivity contribution >= 4 is 40.5 Å². The molecule has 1 N–H and O–H groups in total. The highest BCUT2D eigenvalue weighted by molar-refractivity contribution is 6.37. The van der Waals surface area contributed by atoms with Crippen molar-refractivity contribution in [3.8, 4) is 11.5 Å². The Hall–Kier alpha value is -2.38. The zero-order chi connectivity index (χ0) is 18.6. The van der Waals surface area contributed by atoms with Gasteiger partial charge in [-0.25, -0.2) is 4.39 Å². The summed E-state index contributed by atoms with van der Waals surface area (Å²) in [6, 6.07) is 4.91. The highest BCUT2D eigenvalue weighted by Gasteiger charge is 2.52. The van der Waals surface area contributed by atoms with Crippen LogP contribution in [0.15, 0.2) is 24.3 Å². The number of fused-ring (bicyclic) bond motifs is 2. The van der Waals surface area contributed by atoms with Crippen molar-refractivity contribution in [2.45, 2.75) is 24.7 Å². The molecular weight excluding hydrogens is 386 g/mol. The van der Waals surface area contributed by atoms with Crippen LogP contribution < -0.4 is 10.1 Å². The van der Waals surface area contributed by atoms with Crippen LogP contribution in [0.5, 0.6) is 11.5 Å². The zero-order valence-electron chi connectivity index (χ0n) is 13.1. The van der Waals surface area contributed by atoms with Gasteiger partial charge in [0.25, 0.3) is 5.69 Å². The van der Waals surface area contributed by atoms with E-state index in [4.69, 9.17) is 27.9 Å². The number of benzene rings is 2. The Labute approximate surface area is 157 Å². The summed E-state index contributed by atoms with van der Waals surface area (Å²) in [6.07, 6.45) is 2.18. The van der Waals surface area contributed by atoms with Crippen molar-refractivity contribution < 1.29 is 18.8 Å². The van der Waals surface area contributed by atoms with Gasteiger partial charge in [0.2, 0.25) is 5.91 Å². The van der Waals surface area contributed by atoms with E-state index in [1.165, 1.54) is 0 Å². The van der Waals surface area contributed by atoms with Crippen LogP contribution in [0.4, 0.5) is 15.8 Å². The van der Waals surface area contributed by atoms with E-state index in [-0.39, 0.29) is 38.8 Å². The molecule has 1 aliphatic carbocycles. The van der Waals surface area contributed by atoms with Crippen LogP contribution in [0.2, 0.25) is 10.0 Å². The lowest BCUT2D eigenvalue weighted by Gasteiger charge is -2.36. The number of carbonyl (C=O) groups is 1. The van der Waals surface area contributed by atoms with Crippen molar-refractivity contribution in [2.75, 3.05) is 5.32 Å². The van der Waals surface area contributed by atoms with Crippen molar-refractivity contribution in [1.29, 1.82) is 0 Å². The Bertz CT molecular complexity index is 952. The van der Waals surface area contributed by atoms with Gasteiger partial charge < -0.3 is 10.1 Å². The third-order valence-electron chi connectivity index (χ3n) is 4.87. The number of nitro benzene ring substituents is 1. The maximum atomic E-state index is 14.5. The maximum Gasteiger partial charge on any atom is 0.272 e. The van der Waals surface area contributed by atoms with Crippen molar-refractivity contribution in [2.24, 2.45) is 0 Å². The molecule has 1 fully saturated rings. The van der Waals surface area contributed by atoms with Gasteiger partial charge in [-0.1, -0.05) is 29.6 Å². The summed E-state index contributed by atoms with van der Waals surface area (Å²) in [5, 5.41) is 13.3. The molecule has 0 radical (unpaired) electrons. The molecular formula is C17H11Cl2FN2O4. The third kappa shape index (κ3) is 2.42. The number of amides is 1. The first-order valence-electron chi connectivity index (χ1n) is 7.78. The third-order valence-corrected chi connectivity index (χ3v) is 5.43. The molecule has 6 nitrogen and oxygen atoms in total. The minimum Gasteiger partial charge on any atom is -0.454 e. The zero-order valence-corrected chi connectivity index (χ0v) is 14.7. The smallest absolute Gasteiger partial charge is 0.272 e. The molecule has 2 aromatic rings. The van der Waals surface area contributed by atoms with Gasteiger partial charge in [-0.2, -0.15) is 0 Å². The molecule has 134 valence electrons. The Balaban J connectivity index is 1.74. The Morgan fingerprint density at radius 1 is 1.19 bits per heavy atom. The van der Waals surface area contributed by atoms with Gasteiger partial charge in [0.05, 0.1) is 26.1 Å². The SMILES string of the molecule is O=C1Nc2c(F)cc(Oc3c(Cl)cc([N+](=O)[O-])cc3Cl)cc2C12CCC2. The fourth-order valence-electron chi connectivity index (χ4n) is 3.39. The van der Waals surface area contributed by atoms with Gasteiger partial charge in [0.1, 0.15) is 5.75 Å². The molecule has 1 saturated carbocycles. The molecule has 9 heteroatoms. The summed E-state index contributed by atoms with van der Waals surface area (Å²) in [4.78, 5) is 22.5. The fraction of sp³-hybridized carbons (Fsp3) is 0.235. The summed E-state index contributed by atoms with van der Waals surface area (Å²) in [5.74, 6) is -0.732. The number of halogens is 3. The van der Waals surface area contributed by atoms with Gasteiger partial charge in [0.15, 0.2) is 11.6 Å². The Kier molecular flexibility index (Phi) is 3.82. The van der Waals surface area contributed by atoms with E-state index in [2.05, 4.69) is 5.32 Å². The molecule has 26 heavy (non-hydrogen) atoms. The highest BCUT2D eigenvalue weighted by atomic mass is 35.5. The standard InChI is InChI=1S/C17H11Cl2FN2O4/c18-11-4-8(22(24)25)5-12(19)15(11)26-9-6-10-14(13(20)7-9)21-16(23)17(10)2-1-3-17/h4-7H,1-3H2,(H,21,23). The molecule has 2 aromatic carbocycles. The van der Waals surface area contributed by atoms with Gasteiger partial charge in [-0.15, -0.1) is 0 Å². The number of ether oxygens (including phenoxy) is 1. The lowest BCUT2D eigenvalue weighted by atomic mass is 9.65. The second-order valence-corrected chi connectivity index (χ2v) is 7.13. The first kappa shape index (κ1) is 17.1.